The van der Waals surface area contributed by atoms with Crippen LogP contribution in [0.25, 0.3) is 0 Å². The van der Waals surface area contributed by atoms with Crippen molar-refractivity contribution in [2.24, 2.45) is 0 Å². The summed E-state index contributed by atoms with van der Waals surface area (Å²) < 4.78 is 36.4. The Labute approximate surface area is 170 Å². The molecular weight excluding hydrogens is 396 g/mol. The summed E-state index contributed by atoms with van der Waals surface area (Å²) in [4.78, 5) is 27.5. The summed E-state index contributed by atoms with van der Waals surface area (Å²) >= 11 is 0. The predicted octanol–water partition coefficient (Wildman–Crippen LogP) is 2.20. The van der Waals surface area contributed by atoms with Crippen LogP contribution in [-0.4, -0.2) is 37.6 Å². The van der Waals surface area contributed by atoms with Crippen molar-refractivity contribution < 1.29 is 27.5 Å². The molecule has 0 radical (unpaired) electrons. The van der Waals surface area contributed by atoms with Crippen LogP contribution in [-0.2, 0) is 37.5 Å². The summed E-state index contributed by atoms with van der Waals surface area (Å²) in [6.45, 7) is 2.12. The summed E-state index contributed by atoms with van der Waals surface area (Å²) in [5.41, 5.74) is 1.48. The van der Waals surface area contributed by atoms with E-state index in [1.54, 1.807) is 0 Å². The van der Waals surface area contributed by atoms with Gasteiger partial charge in [0.05, 0.1) is 30.2 Å². The van der Waals surface area contributed by atoms with Gasteiger partial charge in [0.15, 0.2) is 0 Å². The number of esters is 1. The van der Waals surface area contributed by atoms with Crippen LogP contribution in [0.3, 0.4) is 0 Å². The molecule has 0 bridgehead atoms. The number of carbonyl (C=O) groups excluding carboxylic acids is 2. The topological polar surface area (TPSA) is 112 Å². The number of benzene rings is 1. The SMILES string of the molecule is CCCC(=O)OCc1ccc(C(=O)NS(=O)(=O)CCOCc2ccccc2)cn1. The van der Waals surface area contributed by atoms with Crippen molar-refractivity contribution in [3.63, 3.8) is 0 Å². The molecule has 1 N–H and O–H groups in total. The van der Waals surface area contributed by atoms with Gasteiger partial charge in [-0.15, -0.1) is 0 Å². The third-order valence-electron chi connectivity index (χ3n) is 3.78. The molecule has 1 heterocycles. The molecule has 0 saturated heterocycles. The molecule has 0 spiro atoms. The number of carbonyl (C=O) groups is 2. The lowest BCUT2D eigenvalue weighted by molar-refractivity contribution is -0.145. The number of hydrogen-bond acceptors (Lipinski definition) is 7. The molecule has 2 aromatic rings. The quantitative estimate of drug-likeness (QED) is 0.438. The number of nitrogens with one attached hydrogen (secondary N) is 1. The van der Waals surface area contributed by atoms with Gasteiger partial charge in [-0.1, -0.05) is 37.3 Å². The molecule has 0 unspecified atom stereocenters. The number of sulfonamides is 1. The molecule has 0 fully saturated rings. The fourth-order valence-corrected chi connectivity index (χ4v) is 3.10. The molecule has 0 aliphatic carbocycles. The van der Waals surface area contributed by atoms with Crippen LogP contribution in [0.2, 0.25) is 0 Å². The second-order valence-corrected chi connectivity index (χ2v) is 8.08. The Hall–Kier alpha value is -2.78. The average molecular weight is 420 g/mol. The number of aromatic nitrogens is 1. The van der Waals surface area contributed by atoms with Crippen LogP contribution < -0.4 is 4.72 Å². The zero-order valence-corrected chi connectivity index (χ0v) is 17.0. The van der Waals surface area contributed by atoms with Crippen molar-refractivity contribution in [1.82, 2.24) is 9.71 Å². The average Bonchev–Trinajstić information content (AvgIpc) is 2.71. The number of nitrogens with zero attached hydrogens (tertiary/aromatic N) is 1. The van der Waals surface area contributed by atoms with Crippen molar-refractivity contribution >= 4 is 21.9 Å². The molecule has 9 heteroatoms. The number of rotatable bonds is 11. The van der Waals surface area contributed by atoms with Crippen molar-refractivity contribution in [3.05, 3.63) is 65.5 Å². The van der Waals surface area contributed by atoms with E-state index in [1.807, 2.05) is 42.0 Å². The third-order valence-corrected chi connectivity index (χ3v) is 4.98. The van der Waals surface area contributed by atoms with Crippen LogP contribution in [0.1, 0.15) is 41.4 Å². The lowest BCUT2D eigenvalue weighted by Crippen LogP contribution is -2.34. The van der Waals surface area contributed by atoms with Crippen molar-refractivity contribution in [1.29, 1.82) is 0 Å². The van der Waals surface area contributed by atoms with E-state index in [-0.39, 0.29) is 30.5 Å². The van der Waals surface area contributed by atoms with Crippen molar-refractivity contribution in [3.8, 4) is 0 Å². The third kappa shape index (κ3) is 8.41. The Morgan fingerprint density at radius 1 is 1.07 bits per heavy atom. The number of hydrogen-bond donors (Lipinski definition) is 1. The predicted molar refractivity (Wildman–Crippen MR) is 106 cm³/mol. The second kappa shape index (κ2) is 11.3. The van der Waals surface area contributed by atoms with E-state index in [2.05, 4.69) is 4.98 Å². The number of ether oxygens (including phenoxy) is 2. The first-order valence-electron chi connectivity index (χ1n) is 9.16. The monoisotopic (exact) mass is 420 g/mol. The maximum absolute atomic E-state index is 12.1. The number of pyridine rings is 1. The lowest BCUT2D eigenvalue weighted by atomic mass is 10.2. The van der Waals surface area contributed by atoms with Crippen LogP contribution in [0.15, 0.2) is 48.7 Å². The molecule has 0 saturated carbocycles. The standard InChI is InChI=1S/C20H24N2O6S/c1-2-6-19(23)28-15-18-10-9-17(13-21-18)20(24)22-29(25,26)12-11-27-14-16-7-4-3-5-8-16/h3-5,7-10,13H,2,6,11-12,14-15H2,1H3,(H,22,24). The van der Waals surface area contributed by atoms with Gasteiger partial charge in [-0.2, -0.15) is 0 Å². The summed E-state index contributed by atoms with van der Waals surface area (Å²) in [5.74, 6) is -1.45. The van der Waals surface area contributed by atoms with E-state index in [0.717, 1.165) is 5.56 Å². The molecule has 156 valence electrons. The van der Waals surface area contributed by atoms with Gasteiger partial charge in [0.25, 0.3) is 5.91 Å². The Morgan fingerprint density at radius 3 is 2.48 bits per heavy atom. The van der Waals surface area contributed by atoms with Gasteiger partial charge in [0.1, 0.15) is 6.61 Å². The Bertz CT molecular complexity index is 898. The van der Waals surface area contributed by atoms with Crippen LogP contribution in [0, 0.1) is 0 Å². The van der Waals surface area contributed by atoms with Gasteiger partial charge in [-0.25, -0.2) is 13.1 Å². The van der Waals surface area contributed by atoms with Gasteiger partial charge < -0.3 is 9.47 Å². The van der Waals surface area contributed by atoms with Crippen LogP contribution in [0.5, 0.6) is 0 Å². The molecule has 1 aromatic heterocycles. The van der Waals surface area contributed by atoms with Crippen LogP contribution in [0.4, 0.5) is 0 Å². The molecule has 29 heavy (non-hydrogen) atoms. The molecular formula is C20H24N2O6S. The zero-order chi connectivity index (χ0) is 21.1. The minimum atomic E-state index is -3.84. The van der Waals surface area contributed by atoms with Crippen LogP contribution >= 0.6 is 0 Å². The molecule has 0 aliphatic heterocycles. The van der Waals surface area contributed by atoms with Gasteiger partial charge in [-0.05, 0) is 24.1 Å². The Balaban J connectivity index is 1.78. The zero-order valence-electron chi connectivity index (χ0n) is 16.2. The first-order valence-corrected chi connectivity index (χ1v) is 10.8. The minimum Gasteiger partial charge on any atom is -0.459 e. The first-order chi connectivity index (χ1) is 13.9. The van der Waals surface area contributed by atoms with Crippen molar-refractivity contribution in [2.75, 3.05) is 12.4 Å². The van der Waals surface area contributed by atoms with E-state index in [4.69, 9.17) is 9.47 Å². The van der Waals surface area contributed by atoms with E-state index < -0.39 is 15.9 Å². The van der Waals surface area contributed by atoms with Gasteiger partial charge in [0.2, 0.25) is 10.0 Å². The summed E-state index contributed by atoms with van der Waals surface area (Å²) in [6, 6.07) is 12.3. The maximum atomic E-state index is 12.1. The molecule has 1 aromatic carbocycles. The van der Waals surface area contributed by atoms with Gasteiger partial charge in [-0.3, -0.25) is 14.6 Å². The minimum absolute atomic E-state index is 0.00220. The van der Waals surface area contributed by atoms with E-state index >= 15 is 0 Å². The molecule has 8 nitrogen and oxygen atoms in total. The van der Waals surface area contributed by atoms with Gasteiger partial charge in [0, 0.05) is 12.6 Å². The summed E-state index contributed by atoms with van der Waals surface area (Å²) in [5, 5.41) is 0. The highest BCUT2D eigenvalue weighted by molar-refractivity contribution is 7.90. The highest BCUT2D eigenvalue weighted by atomic mass is 32.2. The normalized spacial score (nSPS) is 11.1. The fourth-order valence-electron chi connectivity index (χ4n) is 2.26. The van der Waals surface area contributed by atoms with E-state index in [0.29, 0.717) is 25.1 Å². The molecule has 1 amide bonds. The summed E-state index contributed by atoms with van der Waals surface area (Å²) in [6.07, 6.45) is 2.25. The second-order valence-electron chi connectivity index (χ2n) is 6.24. The fraction of sp³-hybridized carbons (Fsp3) is 0.350. The number of amides is 1. The molecule has 2 rings (SSSR count). The lowest BCUT2D eigenvalue weighted by Gasteiger charge is -2.08. The highest BCUT2D eigenvalue weighted by Gasteiger charge is 2.16. The van der Waals surface area contributed by atoms with E-state index in [9.17, 15) is 18.0 Å². The Kier molecular flexibility index (Phi) is 8.75. The first kappa shape index (κ1) is 22.5. The summed E-state index contributed by atoms with van der Waals surface area (Å²) in [7, 11) is -3.84. The van der Waals surface area contributed by atoms with Gasteiger partial charge >= 0.3 is 5.97 Å². The highest BCUT2D eigenvalue weighted by Crippen LogP contribution is 2.05. The molecule has 0 atom stereocenters. The van der Waals surface area contributed by atoms with Crippen molar-refractivity contribution in [2.45, 2.75) is 33.0 Å². The Morgan fingerprint density at radius 2 is 1.83 bits per heavy atom. The maximum Gasteiger partial charge on any atom is 0.306 e. The molecule has 0 aliphatic rings. The van der Waals surface area contributed by atoms with E-state index in [1.165, 1.54) is 18.3 Å². The smallest absolute Gasteiger partial charge is 0.306 e. The largest absolute Gasteiger partial charge is 0.459 e.